The summed E-state index contributed by atoms with van der Waals surface area (Å²) in [7, 11) is 1.65. The van der Waals surface area contributed by atoms with Crippen LogP contribution in [-0.2, 0) is 19.5 Å². The molecule has 1 aliphatic heterocycles. The van der Waals surface area contributed by atoms with E-state index in [1.54, 1.807) is 13.4 Å². The maximum absolute atomic E-state index is 12.7. The molecule has 0 radical (unpaired) electrons. The molecule has 1 aromatic heterocycles. The van der Waals surface area contributed by atoms with Crippen LogP contribution in [0, 0.1) is 5.92 Å². The van der Waals surface area contributed by atoms with Crippen LogP contribution in [0.2, 0.25) is 0 Å². The van der Waals surface area contributed by atoms with E-state index in [4.69, 9.17) is 4.74 Å². The number of ether oxygens (including phenoxy) is 1. The van der Waals surface area contributed by atoms with Crippen molar-refractivity contribution in [1.29, 1.82) is 0 Å². The predicted octanol–water partition coefficient (Wildman–Crippen LogP) is 3.50. The van der Waals surface area contributed by atoms with Gasteiger partial charge in [0.15, 0.2) is 0 Å². The summed E-state index contributed by atoms with van der Waals surface area (Å²) in [5.74, 6) is 2.18. The number of hydrogen-bond acceptors (Lipinski definition) is 4. The normalized spacial score (nSPS) is 16.2. The summed E-state index contributed by atoms with van der Waals surface area (Å²) in [6, 6.07) is 18.1. The first-order valence-corrected chi connectivity index (χ1v) is 10.8. The van der Waals surface area contributed by atoms with E-state index in [2.05, 4.69) is 32.2 Å². The van der Waals surface area contributed by atoms with Gasteiger partial charge < -0.3 is 19.5 Å². The number of carbonyl (C=O) groups is 1. The zero-order valence-corrected chi connectivity index (χ0v) is 17.9. The molecule has 3 aromatic rings. The second kappa shape index (κ2) is 10.1. The number of carbonyl (C=O) groups excluding carboxylic acids is 1. The third kappa shape index (κ3) is 5.63. The minimum Gasteiger partial charge on any atom is -0.497 e. The third-order valence-corrected chi connectivity index (χ3v) is 5.77. The Bertz CT molecular complexity index is 971. The Morgan fingerprint density at radius 3 is 2.71 bits per heavy atom. The Morgan fingerprint density at radius 2 is 1.94 bits per heavy atom. The standard InChI is InChI=1S/C24H29N5O2/c1-31-22-11-9-19(10-12-22)15-25-24(30)28-13-5-8-21(17-28)14-23-27-26-18-29(23)16-20-6-3-2-4-7-20/h2-4,6-7,9-12,18,21H,5,8,13-17H2,1H3,(H,25,30). The molecule has 0 bridgehead atoms. The van der Waals surface area contributed by atoms with E-state index in [-0.39, 0.29) is 6.03 Å². The molecule has 0 saturated carbocycles. The molecule has 4 rings (SSSR count). The van der Waals surface area contributed by atoms with Gasteiger partial charge in [0.1, 0.15) is 17.9 Å². The van der Waals surface area contributed by atoms with Gasteiger partial charge in [0.25, 0.3) is 0 Å². The molecule has 7 nitrogen and oxygen atoms in total. The molecule has 1 unspecified atom stereocenters. The van der Waals surface area contributed by atoms with Gasteiger partial charge in [0.2, 0.25) is 0 Å². The van der Waals surface area contributed by atoms with Crippen LogP contribution in [0.4, 0.5) is 4.79 Å². The maximum Gasteiger partial charge on any atom is 0.317 e. The first-order chi connectivity index (χ1) is 15.2. The van der Waals surface area contributed by atoms with Crippen LogP contribution in [0.5, 0.6) is 5.75 Å². The summed E-state index contributed by atoms with van der Waals surface area (Å²) >= 11 is 0. The highest BCUT2D eigenvalue weighted by atomic mass is 16.5. The van der Waals surface area contributed by atoms with Crippen molar-refractivity contribution in [2.75, 3.05) is 20.2 Å². The number of likely N-dealkylation sites (tertiary alicyclic amines) is 1. The van der Waals surface area contributed by atoms with E-state index in [0.29, 0.717) is 12.5 Å². The van der Waals surface area contributed by atoms with Gasteiger partial charge in [-0.1, -0.05) is 42.5 Å². The molecule has 1 atom stereocenters. The Morgan fingerprint density at radius 1 is 1.13 bits per heavy atom. The van der Waals surface area contributed by atoms with E-state index >= 15 is 0 Å². The Kier molecular flexibility index (Phi) is 6.82. The molecular weight excluding hydrogens is 390 g/mol. The Hall–Kier alpha value is -3.35. The highest BCUT2D eigenvalue weighted by Gasteiger charge is 2.25. The molecule has 2 aromatic carbocycles. The largest absolute Gasteiger partial charge is 0.497 e. The van der Waals surface area contributed by atoms with Crippen LogP contribution in [0.1, 0.15) is 29.8 Å². The highest BCUT2D eigenvalue weighted by Crippen LogP contribution is 2.21. The van der Waals surface area contributed by atoms with Crippen molar-refractivity contribution in [1.82, 2.24) is 25.0 Å². The SMILES string of the molecule is COc1ccc(CNC(=O)N2CCCC(Cc3nncn3Cc3ccccc3)C2)cc1. The molecule has 2 amide bonds. The van der Waals surface area contributed by atoms with Gasteiger partial charge in [0.05, 0.1) is 13.7 Å². The van der Waals surface area contributed by atoms with Gasteiger partial charge in [-0.3, -0.25) is 0 Å². The lowest BCUT2D eigenvalue weighted by Crippen LogP contribution is -2.45. The zero-order valence-electron chi connectivity index (χ0n) is 17.9. The number of piperidine rings is 1. The molecule has 0 aliphatic carbocycles. The number of nitrogens with zero attached hydrogens (tertiary/aromatic N) is 4. The van der Waals surface area contributed by atoms with Crippen LogP contribution in [0.15, 0.2) is 60.9 Å². The number of methoxy groups -OCH3 is 1. The summed E-state index contributed by atoms with van der Waals surface area (Å²) in [5, 5.41) is 11.5. The van der Waals surface area contributed by atoms with E-state index in [0.717, 1.165) is 56.0 Å². The second-order valence-electron chi connectivity index (χ2n) is 8.03. The Labute approximate surface area is 183 Å². The van der Waals surface area contributed by atoms with E-state index in [1.807, 2.05) is 47.4 Å². The topological polar surface area (TPSA) is 72.3 Å². The van der Waals surface area contributed by atoms with Crippen LogP contribution in [0.25, 0.3) is 0 Å². The smallest absolute Gasteiger partial charge is 0.317 e. The van der Waals surface area contributed by atoms with Gasteiger partial charge >= 0.3 is 6.03 Å². The summed E-state index contributed by atoms with van der Waals surface area (Å²) in [6.45, 7) is 2.81. The lowest BCUT2D eigenvalue weighted by molar-refractivity contribution is 0.164. The van der Waals surface area contributed by atoms with Gasteiger partial charge in [0, 0.05) is 26.1 Å². The average Bonchev–Trinajstić information content (AvgIpc) is 3.25. The first-order valence-electron chi connectivity index (χ1n) is 10.8. The lowest BCUT2D eigenvalue weighted by Gasteiger charge is -2.32. The molecule has 1 fully saturated rings. The molecule has 31 heavy (non-hydrogen) atoms. The number of rotatable bonds is 7. The summed E-state index contributed by atoms with van der Waals surface area (Å²) in [5.41, 5.74) is 2.28. The second-order valence-corrected chi connectivity index (χ2v) is 8.03. The van der Waals surface area contributed by atoms with Crippen molar-refractivity contribution in [3.05, 3.63) is 77.9 Å². The monoisotopic (exact) mass is 419 g/mol. The summed E-state index contributed by atoms with van der Waals surface area (Å²) < 4.78 is 7.29. The predicted molar refractivity (Wildman–Crippen MR) is 119 cm³/mol. The quantitative estimate of drug-likeness (QED) is 0.636. The fraction of sp³-hybridized carbons (Fsp3) is 0.375. The number of amides is 2. The minimum atomic E-state index is -0.00808. The van der Waals surface area contributed by atoms with Crippen LogP contribution in [0.3, 0.4) is 0 Å². The molecule has 7 heteroatoms. The number of hydrogen-bond donors (Lipinski definition) is 1. The van der Waals surface area contributed by atoms with Crippen LogP contribution in [-0.4, -0.2) is 45.9 Å². The van der Waals surface area contributed by atoms with Crippen molar-refractivity contribution in [3.8, 4) is 5.75 Å². The van der Waals surface area contributed by atoms with E-state index < -0.39 is 0 Å². The summed E-state index contributed by atoms with van der Waals surface area (Å²) in [4.78, 5) is 14.6. The van der Waals surface area contributed by atoms with Crippen molar-refractivity contribution >= 4 is 6.03 Å². The summed E-state index contributed by atoms with van der Waals surface area (Å²) in [6.07, 6.45) is 4.73. The number of nitrogens with one attached hydrogen (secondary N) is 1. The van der Waals surface area contributed by atoms with E-state index in [9.17, 15) is 4.79 Å². The molecule has 0 spiro atoms. The number of aromatic nitrogens is 3. The fourth-order valence-electron chi connectivity index (χ4n) is 4.06. The molecule has 2 heterocycles. The van der Waals surface area contributed by atoms with Crippen molar-refractivity contribution < 1.29 is 9.53 Å². The van der Waals surface area contributed by atoms with Gasteiger partial charge in [-0.15, -0.1) is 10.2 Å². The molecular formula is C24H29N5O2. The van der Waals surface area contributed by atoms with Crippen LogP contribution >= 0.6 is 0 Å². The minimum absolute atomic E-state index is 0.00808. The number of urea groups is 1. The van der Waals surface area contributed by atoms with E-state index in [1.165, 1.54) is 5.56 Å². The first kappa shape index (κ1) is 20.9. The van der Waals surface area contributed by atoms with Gasteiger partial charge in [-0.2, -0.15) is 0 Å². The molecule has 162 valence electrons. The molecule has 1 aliphatic rings. The third-order valence-electron chi connectivity index (χ3n) is 5.77. The van der Waals surface area contributed by atoms with Crippen molar-refractivity contribution in [2.24, 2.45) is 5.92 Å². The van der Waals surface area contributed by atoms with Gasteiger partial charge in [-0.05, 0) is 42.0 Å². The van der Waals surface area contributed by atoms with Crippen LogP contribution < -0.4 is 10.1 Å². The Balaban J connectivity index is 1.30. The zero-order chi connectivity index (χ0) is 21.5. The number of benzene rings is 2. The molecule has 1 N–H and O–H groups in total. The van der Waals surface area contributed by atoms with Crippen molar-refractivity contribution in [2.45, 2.75) is 32.4 Å². The van der Waals surface area contributed by atoms with Gasteiger partial charge in [-0.25, -0.2) is 4.79 Å². The maximum atomic E-state index is 12.7. The lowest BCUT2D eigenvalue weighted by atomic mass is 9.94. The molecule has 1 saturated heterocycles. The highest BCUT2D eigenvalue weighted by molar-refractivity contribution is 5.74. The van der Waals surface area contributed by atoms with Crippen molar-refractivity contribution in [3.63, 3.8) is 0 Å². The fourth-order valence-corrected chi connectivity index (χ4v) is 4.06. The average molecular weight is 420 g/mol.